The Balaban J connectivity index is 1.84. The molecule has 0 aliphatic carbocycles. The van der Waals surface area contributed by atoms with Crippen molar-refractivity contribution in [1.29, 1.82) is 0 Å². The molecule has 0 saturated carbocycles. The van der Waals surface area contributed by atoms with Crippen molar-refractivity contribution in [3.8, 4) is 0 Å². The SMILES string of the molecule is O=C(O)c1ccc(C2Cc3cc(F)ccc3N2)cc1. The van der Waals surface area contributed by atoms with Gasteiger partial charge in [0, 0.05) is 5.69 Å². The second-order valence-electron chi connectivity index (χ2n) is 4.63. The predicted molar refractivity (Wildman–Crippen MR) is 69.9 cm³/mol. The Morgan fingerprint density at radius 2 is 1.95 bits per heavy atom. The summed E-state index contributed by atoms with van der Waals surface area (Å²) in [5, 5.41) is 12.2. The summed E-state index contributed by atoms with van der Waals surface area (Å²) >= 11 is 0. The quantitative estimate of drug-likeness (QED) is 0.868. The Kier molecular flexibility index (Phi) is 2.71. The second-order valence-corrected chi connectivity index (χ2v) is 4.63. The predicted octanol–water partition coefficient (Wildman–Crippen LogP) is 3.23. The maximum Gasteiger partial charge on any atom is 0.335 e. The molecule has 19 heavy (non-hydrogen) atoms. The number of rotatable bonds is 2. The molecule has 2 aromatic rings. The molecule has 0 radical (unpaired) electrons. The zero-order chi connectivity index (χ0) is 13.4. The second kappa shape index (κ2) is 4.39. The van der Waals surface area contributed by atoms with Crippen molar-refractivity contribution in [2.45, 2.75) is 12.5 Å². The van der Waals surface area contributed by atoms with Crippen LogP contribution >= 0.6 is 0 Å². The van der Waals surface area contributed by atoms with Crippen LogP contribution in [-0.4, -0.2) is 11.1 Å². The van der Waals surface area contributed by atoms with Gasteiger partial charge in [-0.25, -0.2) is 9.18 Å². The topological polar surface area (TPSA) is 49.3 Å². The zero-order valence-corrected chi connectivity index (χ0v) is 10.1. The fourth-order valence-electron chi connectivity index (χ4n) is 2.39. The maximum absolute atomic E-state index is 13.1. The third-order valence-electron chi connectivity index (χ3n) is 3.38. The lowest BCUT2D eigenvalue weighted by molar-refractivity contribution is 0.0697. The van der Waals surface area contributed by atoms with E-state index in [1.165, 1.54) is 12.1 Å². The van der Waals surface area contributed by atoms with E-state index >= 15 is 0 Å². The molecule has 2 aromatic carbocycles. The Morgan fingerprint density at radius 3 is 2.63 bits per heavy atom. The summed E-state index contributed by atoms with van der Waals surface area (Å²) in [6.45, 7) is 0. The molecule has 0 bridgehead atoms. The van der Waals surface area contributed by atoms with Gasteiger partial charge in [0.05, 0.1) is 11.6 Å². The lowest BCUT2D eigenvalue weighted by Crippen LogP contribution is -2.06. The van der Waals surface area contributed by atoms with Gasteiger partial charge in [-0.15, -0.1) is 0 Å². The first-order chi connectivity index (χ1) is 9.13. The van der Waals surface area contributed by atoms with Crippen LogP contribution in [0.3, 0.4) is 0 Å². The molecule has 1 atom stereocenters. The normalized spacial score (nSPS) is 16.8. The summed E-state index contributed by atoms with van der Waals surface area (Å²) in [6.07, 6.45) is 0.708. The molecule has 4 heteroatoms. The van der Waals surface area contributed by atoms with Crippen LogP contribution in [0.15, 0.2) is 42.5 Å². The van der Waals surface area contributed by atoms with Gasteiger partial charge in [0.2, 0.25) is 0 Å². The maximum atomic E-state index is 13.1. The van der Waals surface area contributed by atoms with Gasteiger partial charge in [-0.3, -0.25) is 0 Å². The van der Waals surface area contributed by atoms with E-state index in [-0.39, 0.29) is 17.4 Å². The third kappa shape index (κ3) is 2.17. The Morgan fingerprint density at radius 1 is 1.21 bits per heavy atom. The summed E-state index contributed by atoms with van der Waals surface area (Å²) in [4.78, 5) is 10.8. The molecule has 0 amide bonds. The van der Waals surface area contributed by atoms with Crippen LogP contribution in [0.1, 0.15) is 27.5 Å². The first-order valence-corrected chi connectivity index (χ1v) is 6.02. The van der Waals surface area contributed by atoms with Crippen LogP contribution in [-0.2, 0) is 6.42 Å². The van der Waals surface area contributed by atoms with Gasteiger partial charge in [-0.1, -0.05) is 12.1 Å². The Bertz CT molecular complexity index is 637. The molecule has 0 aromatic heterocycles. The van der Waals surface area contributed by atoms with E-state index in [0.29, 0.717) is 6.42 Å². The van der Waals surface area contributed by atoms with Crippen molar-refractivity contribution in [3.05, 3.63) is 65.0 Å². The van der Waals surface area contributed by atoms with Gasteiger partial charge in [0.25, 0.3) is 0 Å². The highest BCUT2D eigenvalue weighted by Crippen LogP contribution is 2.34. The van der Waals surface area contributed by atoms with E-state index in [2.05, 4.69) is 5.32 Å². The minimum absolute atomic E-state index is 0.0691. The molecule has 0 spiro atoms. The van der Waals surface area contributed by atoms with Gasteiger partial charge < -0.3 is 10.4 Å². The molecule has 3 nitrogen and oxygen atoms in total. The highest BCUT2D eigenvalue weighted by molar-refractivity contribution is 5.87. The number of benzene rings is 2. The highest BCUT2D eigenvalue weighted by atomic mass is 19.1. The molecule has 0 fully saturated rings. The van der Waals surface area contributed by atoms with Crippen LogP contribution in [0.5, 0.6) is 0 Å². The molecule has 96 valence electrons. The van der Waals surface area contributed by atoms with Crippen LogP contribution in [0, 0.1) is 5.82 Å². The van der Waals surface area contributed by atoms with E-state index in [9.17, 15) is 9.18 Å². The van der Waals surface area contributed by atoms with Crippen LogP contribution in [0.25, 0.3) is 0 Å². The van der Waals surface area contributed by atoms with Gasteiger partial charge in [0.1, 0.15) is 5.82 Å². The average Bonchev–Trinajstić information content (AvgIpc) is 2.81. The molecular weight excluding hydrogens is 245 g/mol. The fraction of sp³-hybridized carbons (Fsp3) is 0.133. The average molecular weight is 257 g/mol. The summed E-state index contributed by atoms with van der Waals surface area (Å²) in [5.74, 6) is -1.17. The molecular formula is C15H12FNO2. The number of hydrogen-bond donors (Lipinski definition) is 2. The third-order valence-corrected chi connectivity index (χ3v) is 3.38. The minimum atomic E-state index is -0.934. The smallest absolute Gasteiger partial charge is 0.335 e. The first-order valence-electron chi connectivity index (χ1n) is 6.02. The number of carboxylic acids is 1. The summed E-state index contributed by atoms with van der Waals surface area (Å²) in [7, 11) is 0. The monoisotopic (exact) mass is 257 g/mol. The van der Waals surface area contributed by atoms with Crippen LogP contribution in [0.4, 0.5) is 10.1 Å². The van der Waals surface area contributed by atoms with Crippen LogP contribution < -0.4 is 5.32 Å². The molecule has 1 unspecified atom stereocenters. The van der Waals surface area contributed by atoms with E-state index in [1.54, 1.807) is 30.3 Å². The molecule has 0 saturated heterocycles. The fourth-order valence-corrected chi connectivity index (χ4v) is 2.39. The molecule has 2 N–H and O–H groups in total. The van der Waals surface area contributed by atoms with Gasteiger partial charge in [-0.05, 0) is 47.9 Å². The van der Waals surface area contributed by atoms with E-state index < -0.39 is 5.97 Å². The first kappa shape index (κ1) is 11.7. The largest absolute Gasteiger partial charge is 0.478 e. The Hall–Kier alpha value is -2.36. The molecule has 1 heterocycles. The van der Waals surface area contributed by atoms with Crippen molar-refractivity contribution in [1.82, 2.24) is 0 Å². The lowest BCUT2D eigenvalue weighted by Gasteiger charge is -2.11. The highest BCUT2D eigenvalue weighted by Gasteiger charge is 2.22. The molecule has 1 aliphatic rings. The van der Waals surface area contributed by atoms with E-state index in [0.717, 1.165) is 16.8 Å². The molecule has 1 aliphatic heterocycles. The number of aromatic carboxylic acids is 1. The van der Waals surface area contributed by atoms with Crippen LogP contribution in [0.2, 0.25) is 0 Å². The number of fused-ring (bicyclic) bond motifs is 1. The zero-order valence-electron chi connectivity index (χ0n) is 10.1. The van der Waals surface area contributed by atoms with Gasteiger partial charge in [0.15, 0.2) is 0 Å². The summed E-state index contributed by atoms with van der Waals surface area (Å²) in [5.41, 5.74) is 3.16. The number of carbonyl (C=O) groups is 1. The van der Waals surface area contributed by atoms with Gasteiger partial charge >= 0.3 is 5.97 Å². The number of halogens is 1. The van der Waals surface area contributed by atoms with E-state index in [4.69, 9.17) is 5.11 Å². The van der Waals surface area contributed by atoms with E-state index in [1.807, 2.05) is 0 Å². The Labute approximate surface area is 109 Å². The number of anilines is 1. The number of carboxylic acid groups (broad SMARTS) is 1. The van der Waals surface area contributed by atoms with Crippen molar-refractivity contribution in [2.24, 2.45) is 0 Å². The van der Waals surface area contributed by atoms with Crippen molar-refractivity contribution >= 4 is 11.7 Å². The van der Waals surface area contributed by atoms with Gasteiger partial charge in [-0.2, -0.15) is 0 Å². The van der Waals surface area contributed by atoms with Crippen molar-refractivity contribution < 1.29 is 14.3 Å². The summed E-state index contributed by atoms with van der Waals surface area (Å²) < 4.78 is 13.1. The summed E-state index contributed by atoms with van der Waals surface area (Å²) in [6, 6.07) is 11.5. The standard InChI is InChI=1S/C15H12FNO2/c16-12-5-6-13-11(7-12)8-14(17-13)9-1-3-10(4-2-9)15(18)19/h1-7,14,17H,8H2,(H,18,19). The van der Waals surface area contributed by atoms with Crippen molar-refractivity contribution in [2.75, 3.05) is 5.32 Å². The molecule has 3 rings (SSSR count). The lowest BCUT2D eigenvalue weighted by atomic mass is 10.0. The number of nitrogens with one attached hydrogen (secondary N) is 1. The number of hydrogen-bond acceptors (Lipinski definition) is 2. The van der Waals surface area contributed by atoms with Crippen molar-refractivity contribution in [3.63, 3.8) is 0 Å². The minimum Gasteiger partial charge on any atom is -0.478 e.